The molecular weight excluding hydrogens is 260 g/mol. The normalized spacial score (nSPS) is 12.7. The molecule has 0 saturated heterocycles. The molecule has 0 bridgehead atoms. The van der Waals surface area contributed by atoms with Gasteiger partial charge in [0.2, 0.25) is 0 Å². The Hall–Kier alpha value is -1.86. The minimum atomic E-state index is 0.311. The minimum absolute atomic E-state index is 0.311. The second kappa shape index (κ2) is 7.24. The molecule has 0 fully saturated rings. The third-order valence-corrected chi connectivity index (χ3v) is 4.07. The van der Waals surface area contributed by atoms with Crippen LogP contribution >= 0.6 is 0 Å². The minimum Gasteiger partial charge on any atom is -0.326 e. The Balaban J connectivity index is 2.52. The van der Waals surface area contributed by atoms with Crippen molar-refractivity contribution in [3.8, 4) is 6.07 Å². The molecular formula is C17H24N4. The van der Waals surface area contributed by atoms with E-state index >= 15 is 0 Å². The molecule has 1 aromatic carbocycles. The average molecular weight is 284 g/mol. The van der Waals surface area contributed by atoms with Gasteiger partial charge in [-0.05, 0) is 31.6 Å². The lowest BCUT2D eigenvalue weighted by Gasteiger charge is -2.28. The number of benzene rings is 1. The summed E-state index contributed by atoms with van der Waals surface area (Å²) >= 11 is 0. The number of hydrogen-bond donors (Lipinski definition) is 0. The van der Waals surface area contributed by atoms with E-state index in [9.17, 15) is 0 Å². The first-order valence-electron chi connectivity index (χ1n) is 7.82. The van der Waals surface area contributed by atoms with Crippen LogP contribution in [0.25, 0.3) is 11.0 Å². The molecule has 1 aromatic heterocycles. The SMILES string of the molecule is CCC(c1nc2ccccc2n1CCC#N)N(CC)CC. The predicted molar refractivity (Wildman–Crippen MR) is 85.9 cm³/mol. The Morgan fingerprint density at radius 2 is 1.95 bits per heavy atom. The summed E-state index contributed by atoms with van der Waals surface area (Å²) in [4.78, 5) is 7.30. The standard InChI is InChI=1S/C17H24N4/c1-4-15(20(5-2)6-3)17-19-14-10-7-8-11-16(14)21(17)13-9-12-18/h7-8,10-11,15H,4-6,9,13H2,1-3H3. The number of rotatable bonds is 7. The smallest absolute Gasteiger partial charge is 0.127 e. The molecule has 112 valence electrons. The molecule has 0 N–H and O–H groups in total. The topological polar surface area (TPSA) is 44.9 Å². The summed E-state index contributed by atoms with van der Waals surface area (Å²) in [6.07, 6.45) is 1.54. The number of para-hydroxylation sites is 2. The monoisotopic (exact) mass is 284 g/mol. The van der Waals surface area contributed by atoms with Gasteiger partial charge in [-0.3, -0.25) is 4.90 Å². The summed E-state index contributed by atoms with van der Waals surface area (Å²) in [7, 11) is 0. The van der Waals surface area contributed by atoms with Crippen LogP contribution in [0.2, 0.25) is 0 Å². The highest BCUT2D eigenvalue weighted by molar-refractivity contribution is 5.76. The zero-order valence-corrected chi connectivity index (χ0v) is 13.2. The van der Waals surface area contributed by atoms with Crippen molar-refractivity contribution in [2.45, 2.75) is 46.2 Å². The van der Waals surface area contributed by atoms with E-state index in [1.165, 1.54) is 0 Å². The highest BCUT2D eigenvalue weighted by Crippen LogP contribution is 2.27. The summed E-state index contributed by atoms with van der Waals surface area (Å²) in [5.74, 6) is 1.10. The Bertz CT molecular complexity index is 619. The van der Waals surface area contributed by atoms with Gasteiger partial charge in [-0.25, -0.2) is 4.98 Å². The zero-order valence-electron chi connectivity index (χ0n) is 13.2. The highest BCUT2D eigenvalue weighted by Gasteiger charge is 2.22. The highest BCUT2D eigenvalue weighted by atomic mass is 15.2. The van der Waals surface area contributed by atoms with Crippen molar-refractivity contribution in [2.75, 3.05) is 13.1 Å². The van der Waals surface area contributed by atoms with Crippen molar-refractivity contribution < 1.29 is 0 Å². The van der Waals surface area contributed by atoms with Gasteiger partial charge in [-0.15, -0.1) is 0 Å². The number of aryl methyl sites for hydroxylation is 1. The molecule has 0 radical (unpaired) electrons. The fraction of sp³-hybridized carbons (Fsp3) is 0.529. The molecule has 0 amide bonds. The molecule has 0 aliphatic rings. The number of nitriles is 1. The van der Waals surface area contributed by atoms with Crippen molar-refractivity contribution in [3.63, 3.8) is 0 Å². The van der Waals surface area contributed by atoms with Gasteiger partial charge in [-0.1, -0.05) is 32.9 Å². The van der Waals surface area contributed by atoms with E-state index in [-0.39, 0.29) is 0 Å². The van der Waals surface area contributed by atoms with Crippen LogP contribution in [0.1, 0.15) is 45.5 Å². The number of fused-ring (bicyclic) bond motifs is 1. The zero-order chi connectivity index (χ0) is 15.2. The third kappa shape index (κ3) is 3.08. The molecule has 2 rings (SSSR count). The molecule has 4 heteroatoms. The van der Waals surface area contributed by atoms with Crippen molar-refractivity contribution in [3.05, 3.63) is 30.1 Å². The molecule has 21 heavy (non-hydrogen) atoms. The summed E-state index contributed by atoms with van der Waals surface area (Å²) in [6, 6.07) is 10.8. The van der Waals surface area contributed by atoms with Crippen molar-refractivity contribution in [2.24, 2.45) is 0 Å². The van der Waals surface area contributed by atoms with Gasteiger partial charge < -0.3 is 4.57 Å². The average Bonchev–Trinajstić information content (AvgIpc) is 2.88. The van der Waals surface area contributed by atoms with E-state index in [0.717, 1.165) is 36.4 Å². The first-order valence-corrected chi connectivity index (χ1v) is 7.82. The van der Waals surface area contributed by atoms with Gasteiger partial charge >= 0.3 is 0 Å². The van der Waals surface area contributed by atoms with E-state index in [2.05, 4.69) is 48.4 Å². The molecule has 1 heterocycles. The number of hydrogen-bond acceptors (Lipinski definition) is 3. The number of aromatic nitrogens is 2. The second-order valence-electron chi connectivity index (χ2n) is 5.16. The Kier molecular flexibility index (Phi) is 5.35. The van der Waals surface area contributed by atoms with E-state index in [0.29, 0.717) is 19.0 Å². The second-order valence-corrected chi connectivity index (χ2v) is 5.16. The van der Waals surface area contributed by atoms with E-state index in [1.807, 2.05) is 12.1 Å². The van der Waals surface area contributed by atoms with E-state index in [4.69, 9.17) is 10.2 Å². The summed E-state index contributed by atoms with van der Waals surface area (Å²) in [6.45, 7) is 9.32. The molecule has 0 aliphatic heterocycles. The van der Waals surface area contributed by atoms with Gasteiger partial charge in [0.15, 0.2) is 0 Å². The maximum atomic E-state index is 8.93. The molecule has 2 aromatic rings. The van der Waals surface area contributed by atoms with Crippen LogP contribution in [0, 0.1) is 11.3 Å². The van der Waals surface area contributed by atoms with E-state index < -0.39 is 0 Å². The Morgan fingerprint density at radius 3 is 2.57 bits per heavy atom. The van der Waals surface area contributed by atoms with Crippen molar-refractivity contribution >= 4 is 11.0 Å². The molecule has 0 spiro atoms. The predicted octanol–water partition coefficient (Wildman–Crippen LogP) is 3.74. The van der Waals surface area contributed by atoms with Gasteiger partial charge in [0, 0.05) is 6.54 Å². The van der Waals surface area contributed by atoms with Crippen LogP contribution in [0.5, 0.6) is 0 Å². The molecule has 0 saturated carbocycles. The third-order valence-electron chi connectivity index (χ3n) is 4.07. The first-order chi connectivity index (χ1) is 10.3. The van der Waals surface area contributed by atoms with Gasteiger partial charge in [-0.2, -0.15) is 5.26 Å². The molecule has 1 unspecified atom stereocenters. The van der Waals surface area contributed by atoms with Crippen molar-refractivity contribution in [1.29, 1.82) is 5.26 Å². The van der Waals surface area contributed by atoms with Crippen molar-refractivity contribution in [1.82, 2.24) is 14.5 Å². The number of imidazole rings is 1. The van der Waals surface area contributed by atoms with Crippen LogP contribution in [0.15, 0.2) is 24.3 Å². The van der Waals surface area contributed by atoms with Crippen LogP contribution in [-0.4, -0.2) is 27.5 Å². The lowest BCUT2D eigenvalue weighted by molar-refractivity contribution is 0.201. The molecule has 1 atom stereocenters. The Labute approximate surface area is 127 Å². The molecule has 0 aliphatic carbocycles. The van der Waals surface area contributed by atoms with Gasteiger partial charge in [0.05, 0.1) is 29.6 Å². The van der Waals surface area contributed by atoms with Crippen LogP contribution < -0.4 is 0 Å². The lowest BCUT2D eigenvalue weighted by Crippen LogP contribution is -2.30. The summed E-state index contributed by atoms with van der Waals surface area (Å²) in [5, 5.41) is 8.93. The maximum Gasteiger partial charge on any atom is 0.127 e. The summed E-state index contributed by atoms with van der Waals surface area (Å²) in [5.41, 5.74) is 2.16. The van der Waals surface area contributed by atoms with E-state index in [1.54, 1.807) is 0 Å². The maximum absolute atomic E-state index is 8.93. The van der Waals surface area contributed by atoms with Crippen LogP contribution in [-0.2, 0) is 6.54 Å². The Morgan fingerprint density at radius 1 is 1.24 bits per heavy atom. The lowest BCUT2D eigenvalue weighted by atomic mass is 10.1. The summed E-state index contributed by atoms with van der Waals surface area (Å²) < 4.78 is 2.23. The fourth-order valence-corrected chi connectivity index (χ4v) is 3.01. The van der Waals surface area contributed by atoms with Gasteiger partial charge in [0.1, 0.15) is 5.82 Å². The fourth-order valence-electron chi connectivity index (χ4n) is 3.01. The number of nitrogens with zero attached hydrogens (tertiary/aromatic N) is 4. The van der Waals surface area contributed by atoms with Crippen LogP contribution in [0.3, 0.4) is 0 Å². The first kappa shape index (κ1) is 15.5. The quantitative estimate of drug-likeness (QED) is 0.778. The largest absolute Gasteiger partial charge is 0.326 e. The van der Waals surface area contributed by atoms with Gasteiger partial charge in [0.25, 0.3) is 0 Å². The molecule has 4 nitrogen and oxygen atoms in total. The van der Waals surface area contributed by atoms with Crippen LogP contribution in [0.4, 0.5) is 0 Å².